The molecule has 0 saturated heterocycles. The molecule has 0 aliphatic rings. The van der Waals surface area contributed by atoms with E-state index in [1.807, 2.05) is 30.3 Å². The number of para-hydroxylation sites is 1. The predicted molar refractivity (Wildman–Crippen MR) is 83.5 cm³/mol. The average Bonchev–Trinajstić information content (AvgIpc) is 2.82. The summed E-state index contributed by atoms with van der Waals surface area (Å²) in [5, 5.41) is 0.687. The van der Waals surface area contributed by atoms with Crippen molar-refractivity contribution in [2.45, 2.75) is 6.54 Å². The predicted octanol–water partition coefficient (Wildman–Crippen LogP) is 4.15. The molecule has 0 spiro atoms. The first-order chi connectivity index (χ1) is 9.70. The molecule has 0 saturated carbocycles. The van der Waals surface area contributed by atoms with E-state index in [0.717, 1.165) is 22.5 Å². The van der Waals surface area contributed by atoms with E-state index in [1.165, 1.54) is 5.56 Å². The number of hydrogen-bond acceptors (Lipinski definition) is 4. The highest BCUT2D eigenvalue weighted by atomic mass is 32.1. The zero-order chi connectivity index (χ0) is 13.9. The number of nitrogens with zero attached hydrogens (tertiary/aromatic N) is 2. The molecule has 1 heterocycles. The van der Waals surface area contributed by atoms with E-state index in [9.17, 15) is 0 Å². The summed E-state index contributed by atoms with van der Waals surface area (Å²) in [5.41, 5.74) is 2.25. The van der Waals surface area contributed by atoms with E-state index >= 15 is 0 Å². The molecule has 0 bridgehead atoms. The summed E-state index contributed by atoms with van der Waals surface area (Å²) < 4.78 is 6.96. The van der Waals surface area contributed by atoms with Crippen LogP contribution in [0.2, 0.25) is 0 Å². The third-order valence-corrected chi connectivity index (χ3v) is 3.82. The van der Waals surface area contributed by atoms with Gasteiger partial charge in [-0.3, -0.25) is 0 Å². The summed E-state index contributed by atoms with van der Waals surface area (Å²) in [4.78, 5) is 6.61. The van der Waals surface area contributed by atoms with Gasteiger partial charge in [0.25, 0.3) is 5.19 Å². The van der Waals surface area contributed by atoms with Crippen LogP contribution in [0, 0.1) is 0 Å². The quantitative estimate of drug-likeness (QED) is 0.719. The second-order valence-electron chi connectivity index (χ2n) is 4.93. The Hall–Kier alpha value is -1.91. The van der Waals surface area contributed by atoms with Crippen molar-refractivity contribution in [3.8, 4) is 10.9 Å². The van der Waals surface area contributed by atoms with Gasteiger partial charge in [0.2, 0.25) is 0 Å². The minimum Gasteiger partial charge on any atom is -0.431 e. The number of fused-ring (bicyclic) bond motifs is 1. The minimum absolute atomic E-state index is 0.687. The number of ether oxygens (including phenoxy) is 1. The molecule has 0 fully saturated rings. The van der Waals surface area contributed by atoms with Gasteiger partial charge in [0.05, 0.1) is 10.2 Å². The first-order valence-corrected chi connectivity index (χ1v) is 7.29. The number of rotatable bonds is 4. The highest BCUT2D eigenvalue weighted by Crippen LogP contribution is 2.31. The molecule has 1 aromatic heterocycles. The maximum Gasteiger partial charge on any atom is 0.279 e. The van der Waals surface area contributed by atoms with E-state index < -0.39 is 0 Å². The number of hydrogen-bond donors (Lipinski definition) is 0. The number of benzene rings is 2. The van der Waals surface area contributed by atoms with Gasteiger partial charge < -0.3 is 9.64 Å². The molecular formula is C16H16N2OS. The molecule has 0 aliphatic heterocycles. The molecule has 2 aromatic carbocycles. The molecule has 0 atom stereocenters. The molecule has 3 nitrogen and oxygen atoms in total. The van der Waals surface area contributed by atoms with Crippen LogP contribution in [0.15, 0.2) is 48.5 Å². The molecule has 0 unspecified atom stereocenters. The normalized spacial score (nSPS) is 11.2. The van der Waals surface area contributed by atoms with Gasteiger partial charge in [-0.05, 0) is 43.9 Å². The van der Waals surface area contributed by atoms with Crippen molar-refractivity contribution in [2.24, 2.45) is 0 Å². The second-order valence-corrected chi connectivity index (χ2v) is 5.92. The first-order valence-electron chi connectivity index (χ1n) is 6.48. The number of thiazole rings is 1. The van der Waals surface area contributed by atoms with Gasteiger partial charge in [-0.1, -0.05) is 35.6 Å². The molecule has 4 heteroatoms. The summed E-state index contributed by atoms with van der Waals surface area (Å²) in [6.07, 6.45) is 0. The van der Waals surface area contributed by atoms with Crippen LogP contribution in [0.4, 0.5) is 0 Å². The van der Waals surface area contributed by atoms with Gasteiger partial charge in [0.1, 0.15) is 5.75 Å². The second kappa shape index (κ2) is 5.61. The fourth-order valence-corrected chi connectivity index (χ4v) is 2.86. The van der Waals surface area contributed by atoms with Gasteiger partial charge in [-0.25, -0.2) is 4.98 Å². The molecule has 0 N–H and O–H groups in total. The summed E-state index contributed by atoms with van der Waals surface area (Å²) in [7, 11) is 4.12. The van der Waals surface area contributed by atoms with E-state index in [-0.39, 0.29) is 0 Å². The van der Waals surface area contributed by atoms with Crippen molar-refractivity contribution >= 4 is 21.6 Å². The van der Waals surface area contributed by atoms with Gasteiger partial charge >= 0.3 is 0 Å². The van der Waals surface area contributed by atoms with Crippen LogP contribution >= 0.6 is 11.3 Å². The summed E-state index contributed by atoms with van der Waals surface area (Å²) >= 11 is 1.57. The summed E-state index contributed by atoms with van der Waals surface area (Å²) in [5.74, 6) is 0.826. The molecule has 0 amide bonds. The Balaban J connectivity index is 1.76. The van der Waals surface area contributed by atoms with Crippen molar-refractivity contribution in [3.63, 3.8) is 0 Å². The lowest BCUT2D eigenvalue weighted by molar-refractivity contribution is 0.402. The highest BCUT2D eigenvalue weighted by molar-refractivity contribution is 7.20. The van der Waals surface area contributed by atoms with Crippen molar-refractivity contribution < 1.29 is 4.74 Å². The van der Waals surface area contributed by atoms with E-state index in [4.69, 9.17) is 4.74 Å². The molecule has 3 aromatic rings. The lowest BCUT2D eigenvalue weighted by Crippen LogP contribution is -2.10. The largest absolute Gasteiger partial charge is 0.431 e. The Kier molecular flexibility index (Phi) is 3.67. The summed E-state index contributed by atoms with van der Waals surface area (Å²) in [6, 6.07) is 16.2. The zero-order valence-electron chi connectivity index (χ0n) is 11.5. The third kappa shape index (κ3) is 2.98. The van der Waals surface area contributed by atoms with Crippen molar-refractivity contribution in [1.82, 2.24) is 9.88 Å². The summed E-state index contributed by atoms with van der Waals surface area (Å²) in [6.45, 7) is 0.932. The smallest absolute Gasteiger partial charge is 0.279 e. The van der Waals surface area contributed by atoms with Gasteiger partial charge in [0.15, 0.2) is 0 Å². The number of aromatic nitrogens is 1. The SMILES string of the molecule is CN(C)Cc1ccc(Oc2nc3ccccc3s2)cc1. The molecule has 0 aliphatic carbocycles. The highest BCUT2D eigenvalue weighted by Gasteiger charge is 2.05. The van der Waals surface area contributed by atoms with E-state index in [0.29, 0.717) is 5.19 Å². The van der Waals surface area contributed by atoms with Crippen molar-refractivity contribution in [2.75, 3.05) is 14.1 Å². The molecule has 3 rings (SSSR count). The molecule has 0 radical (unpaired) electrons. The topological polar surface area (TPSA) is 25.4 Å². The monoisotopic (exact) mass is 284 g/mol. The van der Waals surface area contributed by atoms with Crippen LogP contribution in [0.1, 0.15) is 5.56 Å². The zero-order valence-corrected chi connectivity index (χ0v) is 12.4. The Labute approximate surface area is 122 Å². The van der Waals surface area contributed by atoms with Crippen LogP contribution in [0.5, 0.6) is 10.9 Å². The Morgan fingerprint density at radius 3 is 2.50 bits per heavy atom. The third-order valence-electron chi connectivity index (χ3n) is 2.90. The lowest BCUT2D eigenvalue weighted by Gasteiger charge is -2.09. The van der Waals surface area contributed by atoms with Gasteiger partial charge in [0, 0.05) is 6.54 Å². The minimum atomic E-state index is 0.687. The Bertz CT molecular complexity index is 671. The van der Waals surface area contributed by atoms with Gasteiger partial charge in [-0.2, -0.15) is 0 Å². The van der Waals surface area contributed by atoms with Crippen LogP contribution in [0.25, 0.3) is 10.2 Å². The Morgan fingerprint density at radius 2 is 1.80 bits per heavy atom. The Morgan fingerprint density at radius 1 is 1.05 bits per heavy atom. The van der Waals surface area contributed by atoms with E-state index in [1.54, 1.807) is 11.3 Å². The standard InChI is InChI=1S/C16H16N2OS/c1-18(2)11-12-7-9-13(10-8-12)19-16-17-14-5-3-4-6-15(14)20-16/h3-10H,11H2,1-2H3. The molecule has 20 heavy (non-hydrogen) atoms. The van der Waals surface area contributed by atoms with Crippen molar-refractivity contribution in [3.05, 3.63) is 54.1 Å². The maximum atomic E-state index is 5.82. The molecule has 102 valence electrons. The maximum absolute atomic E-state index is 5.82. The van der Waals surface area contributed by atoms with Crippen LogP contribution in [-0.4, -0.2) is 24.0 Å². The van der Waals surface area contributed by atoms with Crippen molar-refractivity contribution in [1.29, 1.82) is 0 Å². The van der Waals surface area contributed by atoms with Gasteiger partial charge in [-0.15, -0.1) is 0 Å². The van der Waals surface area contributed by atoms with Crippen LogP contribution < -0.4 is 4.74 Å². The average molecular weight is 284 g/mol. The molecular weight excluding hydrogens is 268 g/mol. The fourth-order valence-electron chi connectivity index (χ4n) is 2.02. The van der Waals surface area contributed by atoms with Crippen LogP contribution in [0.3, 0.4) is 0 Å². The lowest BCUT2D eigenvalue weighted by atomic mass is 10.2. The van der Waals surface area contributed by atoms with Crippen LogP contribution in [-0.2, 0) is 6.54 Å². The fraction of sp³-hybridized carbons (Fsp3) is 0.188. The van der Waals surface area contributed by atoms with E-state index in [2.05, 4.69) is 42.2 Å². The first kappa shape index (κ1) is 13.1.